The molecule has 4 N–H and O–H groups in total. The summed E-state index contributed by atoms with van der Waals surface area (Å²) in [6, 6.07) is 3.75. The summed E-state index contributed by atoms with van der Waals surface area (Å²) in [6.45, 7) is 4.82. The average Bonchev–Trinajstić information content (AvgIpc) is 2.34. The van der Waals surface area contributed by atoms with E-state index in [0.717, 1.165) is 0 Å². The molecule has 1 rings (SSSR count). The molecule has 0 aromatic heterocycles. The number of carbonyl (C=O) groups excluding carboxylic acids is 1. The summed E-state index contributed by atoms with van der Waals surface area (Å²) < 4.78 is 39.5. The van der Waals surface area contributed by atoms with Crippen LogP contribution in [0.5, 0.6) is 0 Å². The topological polar surface area (TPSA) is 67.1 Å². The van der Waals surface area contributed by atoms with Crippen molar-refractivity contribution < 1.29 is 18.0 Å². The molecular weight excluding hydrogens is 283 g/mol. The monoisotopic (exact) mass is 303 g/mol. The highest BCUT2D eigenvalue weighted by Gasteiger charge is 2.42. The molecule has 0 heterocycles. The Morgan fingerprint density at radius 1 is 1.19 bits per heavy atom. The van der Waals surface area contributed by atoms with Gasteiger partial charge in [0.25, 0.3) is 0 Å². The molecule has 0 aliphatic rings. The minimum absolute atomic E-state index is 0.0863. The van der Waals surface area contributed by atoms with Crippen LogP contribution in [0.15, 0.2) is 24.3 Å². The van der Waals surface area contributed by atoms with Crippen LogP contribution in [0.3, 0.4) is 0 Å². The zero-order valence-electron chi connectivity index (χ0n) is 12.2. The minimum atomic E-state index is -4.41. The molecule has 1 aromatic rings. The van der Waals surface area contributed by atoms with Crippen LogP contribution < -0.4 is 16.4 Å². The van der Waals surface area contributed by atoms with Gasteiger partial charge in [-0.25, -0.2) is 0 Å². The fourth-order valence-corrected chi connectivity index (χ4v) is 1.76. The van der Waals surface area contributed by atoms with Crippen molar-refractivity contribution in [3.05, 3.63) is 29.8 Å². The number of halogens is 3. The number of carbonyl (C=O) groups is 1. The van der Waals surface area contributed by atoms with Crippen molar-refractivity contribution in [2.24, 2.45) is 5.73 Å². The predicted molar refractivity (Wildman–Crippen MR) is 75.8 cm³/mol. The van der Waals surface area contributed by atoms with Gasteiger partial charge in [-0.1, -0.05) is 12.1 Å². The molecule has 0 aliphatic carbocycles. The Labute approximate surface area is 121 Å². The van der Waals surface area contributed by atoms with E-state index in [1.54, 1.807) is 20.8 Å². The van der Waals surface area contributed by atoms with Crippen molar-refractivity contribution in [3.63, 3.8) is 0 Å². The summed E-state index contributed by atoms with van der Waals surface area (Å²) in [6.07, 6.45) is -4.41. The van der Waals surface area contributed by atoms with Crippen LogP contribution in [-0.4, -0.2) is 24.2 Å². The average molecular weight is 303 g/mol. The first-order valence-electron chi connectivity index (χ1n) is 6.47. The maximum Gasteiger partial charge on any atom is 0.407 e. The van der Waals surface area contributed by atoms with E-state index < -0.39 is 23.7 Å². The van der Waals surface area contributed by atoms with Crippen molar-refractivity contribution in [2.45, 2.75) is 38.5 Å². The van der Waals surface area contributed by atoms with E-state index in [1.807, 2.05) is 0 Å². The van der Waals surface area contributed by atoms with Crippen molar-refractivity contribution >= 4 is 11.6 Å². The molecule has 7 heteroatoms. The third-order valence-corrected chi connectivity index (χ3v) is 2.62. The highest BCUT2D eigenvalue weighted by Crippen LogP contribution is 2.34. The van der Waals surface area contributed by atoms with Crippen molar-refractivity contribution in [1.82, 2.24) is 5.32 Å². The molecule has 1 atom stereocenters. The van der Waals surface area contributed by atoms with E-state index in [-0.39, 0.29) is 12.1 Å². The molecule has 0 spiro atoms. The van der Waals surface area contributed by atoms with Crippen LogP contribution >= 0.6 is 0 Å². The largest absolute Gasteiger partial charge is 0.407 e. The van der Waals surface area contributed by atoms with Crippen LogP contribution in [-0.2, 0) is 4.79 Å². The van der Waals surface area contributed by atoms with Gasteiger partial charge in [0.2, 0.25) is 5.91 Å². The lowest BCUT2D eigenvalue weighted by atomic mass is 10.0. The van der Waals surface area contributed by atoms with Crippen LogP contribution in [0.4, 0.5) is 18.9 Å². The van der Waals surface area contributed by atoms with E-state index in [1.165, 1.54) is 24.3 Å². The van der Waals surface area contributed by atoms with Gasteiger partial charge in [0, 0.05) is 11.2 Å². The third kappa shape index (κ3) is 5.73. The molecule has 0 saturated carbocycles. The number of alkyl halides is 3. The van der Waals surface area contributed by atoms with E-state index in [2.05, 4.69) is 10.6 Å². The number of benzene rings is 1. The number of hydrogen-bond acceptors (Lipinski definition) is 3. The summed E-state index contributed by atoms with van der Waals surface area (Å²) in [5.74, 6) is -0.400. The van der Waals surface area contributed by atoms with Gasteiger partial charge in [-0.3, -0.25) is 10.1 Å². The van der Waals surface area contributed by atoms with Gasteiger partial charge in [0.1, 0.15) is 6.04 Å². The second-order valence-corrected chi connectivity index (χ2v) is 5.74. The zero-order valence-corrected chi connectivity index (χ0v) is 12.2. The Morgan fingerprint density at radius 3 is 2.10 bits per heavy atom. The first-order chi connectivity index (χ1) is 9.53. The van der Waals surface area contributed by atoms with Crippen molar-refractivity contribution in [1.29, 1.82) is 0 Å². The Kier molecular flexibility index (Phi) is 5.36. The lowest BCUT2D eigenvalue weighted by Gasteiger charge is -2.30. The number of hydrogen-bond donors (Lipinski definition) is 3. The molecule has 1 amide bonds. The van der Waals surface area contributed by atoms with Crippen LogP contribution in [0.2, 0.25) is 0 Å². The quantitative estimate of drug-likeness (QED) is 0.801. The van der Waals surface area contributed by atoms with E-state index in [0.29, 0.717) is 5.69 Å². The maximum absolute atomic E-state index is 13.2. The lowest BCUT2D eigenvalue weighted by Crippen LogP contribution is -2.45. The minimum Gasteiger partial charge on any atom is -0.325 e. The number of nitrogens with one attached hydrogen (secondary N) is 2. The highest BCUT2D eigenvalue weighted by molar-refractivity contribution is 5.92. The third-order valence-electron chi connectivity index (χ3n) is 2.62. The second kappa shape index (κ2) is 6.44. The predicted octanol–water partition coefficient (Wildman–Crippen LogP) is 2.58. The molecule has 0 aliphatic heterocycles. The number of anilines is 1. The van der Waals surface area contributed by atoms with Crippen molar-refractivity contribution in [2.75, 3.05) is 11.9 Å². The van der Waals surface area contributed by atoms with Gasteiger partial charge in [0.05, 0.1) is 6.54 Å². The summed E-state index contributed by atoms with van der Waals surface area (Å²) in [5.41, 5.74) is 4.96. The number of amides is 1. The number of rotatable bonds is 4. The van der Waals surface area contributed by atoms with Crippen LogP contribution in [0, 0.1) is 0 Å². The smallest absolute Gasteiger partial charge is 0.325 e. The van der Waals surface area contributed by atoms with Gasteiger partial charge >= 0.3 is 6.18 Å². The van der Waals surface area contributed by atoms with E-state index >= 15 is 0 Å². The molecule has 0 radical (unpaired) electrons. The fraction of sp³-hybridized carbons (Fsp3) is 0.500. The lowest BCUT2D eigenvalue weighted by molar-refractivity contribution is -0.161. The van der Waals surface area contributed by atoms with Gasteiger partial charge in [-0.15, -0.1) is 0 Å². The Balaban J connectivity index is 2.96. The molecule has 0 fully saturated rings. The van der Waals surface area contributed by atoms with Crippen molar-refractivity contribution in [3.8, 4) is 0 Å². The SMILES string of the molecule is CC(C)(C)NC(c1ccc(NC(=O)CN)cc1)C(F)(F)F. The van der Waals surface area contributed by atoms with Gasteiger partial charge in [-0.2, -0.15) is 13.2 Å². The molecule has 21 heavy (non-hydrogen) atoms. The summed E-state index contributed by atoms with van der Waals surface area (Å²) in [5, 5.41) is 5.03. The summed E-state index contributed by atoms with van der Waals surface area (Å²) in [7, 11) is 0. The standard InChI is InChI=1S/C14H20F3N3O/c1-13(2,3)20-12(14(15,16)17)9-4-6-10(7-5-9)19-11(21)8-18/h4-7,12,20H,8,18H2,1-3H3,(H,19,21). The maximum atomic E-state index is 13.2. The molecular formula is C14H20F3N3O. The van der Waals surface area contributed by atoms with E-state index in [9.17, 15) is 18.0 Å². The van der Waals surface area contributed by atoms with Crippen LogP contribution in [0.1, 0.15) is 32.4 Å². The number of nitrogens with two attached hydrogens (primary N) is 1. The highest BCUT2D eigenvalue weighted by atomic mass is 19.4. The molecule has 1 unspecified atom stereocenters. The second-order valence-electron chi connectivity index (χ2n) is 5.74. The Hall–Kier alpha value is -1.60. The summed E-state index contributed by atoms with van der Waals surface area (Å²) >= 11 is 0. The molecule has 4 nitrogen and oxygen atoms in total. The molecule has 118 valence electrons. The Morgan fingerprint density at radius 2 is 1.71 bits per heavy atom. The zero-order chi connectivity index (χ0) is 16.3. The fourth-order valence-electron chi connectivity index (χ4n) is 1.76. The van der Waals surface area contributed by atoms with Gasteiger partial charge in [-0.05, 0) is 38.5 Å². The normalized spacial score (nSPS) is 13.9. The first kappa shape index (κ1) is 17.5. The van der Waals surface area contributed by atoms with E-state index in [4.69, 9.17) is 5.73 Å². The molecule has 0 bridgehead atoms. The Bertz CT molecular complexity index is 478. The molecule has 0 saturated heterocycles. The summed E-state index contributed by atoms with van der Waals surface area (Å²) in [4.78, 5) is 11.1. The van der Waals surface area contributed by atoms with Crippen LogP contribution in [0.25, 0.3) is 0 Å². The van der Waals surface area contributed by atoms with Gasteiger partial charge < -0.3 is 11.1 Å². The first-order valence-corrected chi connectivity index (χ1v) is 6.47. The van der Waals surface area contributed by atoms with Gasteiger partial charge in [0.15, 0.2) is 0 Å². The molecule has 1 aromatic carbocycles.